The lowest BCUT2D eigenvalue weighted by Crippen LogP contribution is -2.48. The van der Waals surface area contributed by atoms with Crippen LogP contribution in [0.15, 0.2) is 42.5 Å². The Morgan fingerprint density at radius 3 is 2.48 bits per heavy atom. The number of nitrogens with zero attached hydrogens (tertiary/aromatic N) is 1. The van der Waals surface area contributed by atoms with E-state index in [2.05, 4.69) is 5.32 Å². The van der Waals surface area contributed by atoms with Crippen LogP contribution in [0, 0.1) is 5.82 Å². The van der Waals surface area contributed by atoms with Crippen LogP contribution in [0.4, 0.5) is 4.39 Å². The van der Waals surface area contributed by atoms with E-state index < -0.39 is 6.04 Å². The van der Waals surface area contributed by atoms with Crippen molar-refractivity contribution in [2.24, 2.45) is 0 Å². The number of ether oxygens (including phenoxy) is 2. The van der Waals surface area contributed by atoms with Crippen LogP contribution in [0.5, 0.6) is 11.5 Å². The average molecular weight is 400 g/mol. The minimum atomic E-state index is -0.589. The van der Waals surface area contributed by atoms with Crippen LogP contribution in [0.1, 0.15) is 30.9 Å². The van der Waals surface area contributed by atoms with Gasteiger partial charge in [-0.1, -0.05) is 25.1 Å². The molecule has 3 rings (SSSR count). The van der Waals surface area contributed by atoms with Gasteiger partial charge in [-0.05, 0) is 48.2 Å². The second-order valence-corrected chi connectivity index (χ2v) is 6.87. The zero-order valence-corrected chi connectivity index (χ0v) is 16.6. The minimum Gasteiger partial charge on any atom is -0.454 e. The normalized spacial score (nSPS) is 13.1. The number of hydrogen-bond donors (Lipinski definition) is 1. The summed E-state index contributed by atoms with van der Waals surface area (Å²) in [6.45, 7) is 2.31. The first-order valence-electron chi connectivity index (χ1n) is 9.65. The highest BCUT2D eigenvalue weighted by molar-refractivity contribution is 5.87. The Hall–Kier alpha value is -3.09. The first kappa shape index (κ1) is 20.6. The minimum absolute atomic E-state index is 0.137. The Labute approximate surface area is 169 Å². The topological polar surface area (TPSA) is 67.9 Å². The highest BCUT2D eigenvalue weighted by atomic mass is 19.1. The van der Waals surface area contributed by atoms with Gasteiger partial charge in [-0.2, -0.15) is 0 Å². The Morgan fingerprint density at radius 2 is 1.79 bits per heavy atom. The lowest BCUT2D eigenvalue weighted by Gasteiger charge is -2.30. The maximum Gasteiger partial charge on any atom is 0.242 e. The van der Waals surface area contributed by atoms with Crippen LogP contribution in [0.2, 0.25) is 0 Å². The number of nitrogens with one attached hydrogen (secondary N) is 1. The maximum absolute atomic E-state index is 13.2. The van der Waals surface area contributed by atoms with E-state index >= 15 is 0 Å². The first-order valence-corrected chi connectivity index (χ1v) is 9.65. The van der Waals surface area contributed by atoms with Crippen molar-refractivity contribution in [3.05, 3.63) is 59.4 Å². The molecule has 0 saturated carbocycles. The van der Waals surface area contributed by atoms with Crippen LogP contribution >= 0.6 is 0 Å². The Balaban J connectivity index is 1.73. The molecule has 0 spiro atoms. The summed E-state index contributed by atoms with van der Waals surface area (Å²) in [7, 11) is 1.55. The molecule has 0 saturated heterocycles. The number of aryl methyl sites for hydroxylation is 1. The quantitative estimate of drug-likeness (QED) is 0.740. The van der Waals surface area contributed by atoms with Gasteiger partial charge in [-0.3, -0.25) is 9.59 Å². The summed E-state index contributed by atoms with van der Waals surface area (Å²) >= 11 is 0. The fourth-order valence-corrected chi connectivity index (χ4v) is 3.36. The van der Waals surface area contributed by atoms with E-state index in [1.54, 1.807) is 24.1 Å². The third-order valence-electron chi connectivity index (χ3n) is 4.96. The number of carbonyl (C=O) groups is 2. The summed E-state index contributed by atoms with van der Waals surface area (Å²) in [6.07, 6.45) is 1.24. The molecule has 2 aromatic carbocycles. The molecule has 1 aliphatic heterocycles. The second kappa shape index (κ2) is 9.41. The molecule has 1 N–H and O–H groups in total. The number of amides is 2. The molecule has 1 aliphatic rings. The molecule has 7 heteroatoms. The highest BCUT2D eigenvalue weighted by Crippen LogP contribution is 2.32. The molecule has 0 aromatic heterocycles. The van der Waals surface area contributed by atoms with E-state index in [0.717, 1.165) is 11.1 Å². The number of likely N-dealkylation sites (N-methyl/N-ethyl adjacent to an activating group) is 1. The molecule has 0 unspecified atom stereocenters. The van der Waals surface area contributed by atoms with Crippen LogP contribution in [0.3, 0.4) is 0 Å². The van der Waals surface area contributed by atoms with Crippen molar-refractivity contribution in [3.8, 4) is 11.5 Å². The summed E-state index contributed by atoms with van der Waals surface area (Å²) < 4.78 is 23.9. The van der Waals surface area contributed by atoms with Gasteiger partial charge in [-0.25, -0.2) is 4.39 Å². The van der Waals surface area contributed by atoms with E-state index in [1.807, 2.05) is 25.1 Å². The van der Waals surface area contributed by atoms with Crippen molar-refractivity contribution in [2.45, 2.75) is 38.8 Å². The van der Waals surface area contributed by atoms with Gasteiger partial charge in [0.05, 0.1) is 0 Å². The van der Waals surface area contributed by atoms with Crippen LogP contribution in [0.25, 0.3) is 0 Å². The van der Waals surface area contributed by atoms with Gasteiger partial charge in [0.1, 0.15) is 11.9 Å². The molecular formula is C22H25FN2O4. The second-order valence-electron chi connectivity index (χ2n) is 6.87. The van der Waals surface area contributed by atoms with Crippen molar-refractivity contribution in [1.82, 2.24) is 10.2 Å². The third-order valence-corrected chi connectivity index (χ3v) is 4.96. The average Bonchev–Trinajstić information content (AvgIpc) is 3.21. The van der Waals surface area contributed by atoms with Crippen molar-refractivity contribution in [1.29, 1.82) is 0 Å². The Bertz CT molecular complexity index is 870. The lowest BCUT2D eigenvalue weighted by atomic mass is 10.1. The molecule has 0 radical (unpaired) electrons. The van der Waals surface area contributed by atoms with Crippen LogP contribution in [-0.4, -0.2) is 36.6 Å². The molecule has 29 heavy (non-hydrogen) atoms. The van der Waals surface area contributed by atoms with Gasteiger partial charge in [0, 0.05) is 20.0 Å². The molecule has 0 bridgehead atoms. The molecule has 6 nitrogen and oxygen atoms in total. The summed E-state index contributed by atoms with van der Waals surface area (Å²) in [5, 5.41) is 2.63. The van der Waals surface area contributed by atoms with Gasteiger partial charge < -0.3 is 19.7 Å². The standard InChI is InChI=1S/C22H25FN2O4/c1-3-18(22(27)24-2)25(13-16-4-8-17(23)9-5-16)21(26)11-7-15-6-10-19-20(12-15)29-14-28-19/h4-6,8-10,12,18H,3,7,11,13-14H2,1-2H3,(H,24,27)/t18-/m1/s1. The predicted octanol–water partition coefficient (Wildman–Crippen LogP) is 3.04. The van der Waals surface area contributed by atoms with E-state index in [1.165, 1.54) is 12.1 Å². The smallest absolute Gasteiger partial charge is 0.242 e. The Morgan fingerprint density at radius 1 is 1.10 bits per heavy atom. The number of carbonyl (C=O) groups excluding carboxylic acids is 2. The summed E-state index contributed by atoms with van der Waals surface area (Å²) in [5.41, 5.74) is 1.72. The molecule has 1 heterocycles. The van der Waals surface area contributed by atoms with Crippen molar-refractivity contribution in [3.63, 3.8) is 0 Å². The predicted molar refractivity (Wildman–Crippen MR) is 106 cm³/mol. The highest BCUT2D eigenvalue weighted by Gasteiger charge is 2.27. The Kier molecular flexibility index (Phi) is 6.69. The molecule has 0 aliphatic carbocycles. The molecule has 2 amide bonds. The summed E-state index contributed by atoms with van der Waals surface area (Å²) in [6, 6.07) is 11.0. The SMILES string of the molecule is CC[C@H](C(=O)NC)N(Cc1ccc(F)cc1)C(=O)CCc1ccc2c(c1)OCO2. The van der Waals surface area contributed by atoms with E-state index in [4.69, 9.17) is 9.47 Å². The van der Waals surface area contributed by atoms with Gasteiger partial charge in [-0.15, -0.1) is 0 Å². The fraction of sp³-hybridized carbons (Fsp3) is 0.364. The molecule has 154 valence electrons. The van der Waals surface area contributed by atoms with Gasteiger partial charge in [0.15, 0.2) is 11.5 Å². The molecular weight excluding hydrogens is 375 g/mol. The molecule has 0 fully saturated rings. The van der Waals surface area contributed by atoms with Crippen molar-refractivity contribution in [2.75, 3.05) is 13.8 Å². The number of hydrogen-bond acceptors (Lipinski definition) is 4. The third kappa shape index (κ3) is 5.04. The fourth-order valence-electron chi connectivity index (χ4n) is 3.36. The van der Waals surface area contributed by atoms with E-state index in [0.29, 0.717) is 24.3 Å². The number of halogens is 1. The molecule has 2 aromatic rings. The van der Waals surface area contributed by atoms with Crippen LogP contribution < -0.4 is 14.8 Å². The summed E-state index contributed by atoms with van der Waals surface area (Å²) in [4.78, 5) is 27.0. The van der Waals surface area contributed by atoms with Gasteiger partial charge in [0.25, 0.3) is 0 Å². The largest absolute Gasteiger partial charge is 0.454 e. The van der Waals surface area contributed by atoms with Crippen molar-refractivity contribution < 1.29 is 23.5 Å². The van der Waals surface area contributed by atoms with E-state index in [-0.39, 0.29) is 37.4 Å². The summed E-state index contributed by atoms with van der Waals surface area (Å²) in [5.74, 6) is 0.680. The monoisotopic (exact) mass is 400 g/mol. The number of fused-ring (bicyclic) bond motifs is 1. The lowest BCUT2D eigenvalue weighted by molar-refractivity contribution is -0.141. The number of benzene rings is 2. The van der Waals surface area contributed by atoms with Gasteiger partial charge in [0.2, 0.25) is 18.6 Å². The zero-order chi connectivity index (χ0) is 20.8. The zero-order valence-electron chi connectivity index (χ0n) is 16.6. The van der Waals surface area contributed by atoms with Crippen molar-refractivity contribution >= 4 is 11.8 Å². The first-order chi connectivity index (χ1) is 14.0. The van der Waals surface area contributed by atoms with E-state index in [9.17, 15) is 14.0 Å². The maximum atomic E-state index is 13.2. The van der Waals surface area contributed by atoms with Gasteiger partial charge >= 0.3 is 0 Å². The number of rotatable bonds is 8. The van der Waals surface area contributed by atoms with Crippen LogP contribution in [-0.2, 0) is 22.6 Å². The molecule has 1 atom stereocenters.